The van der Waals surface area contributed by atoms with Gasteiger partial charge in [-0.15, -0.1) is 11.3 Å². The van der Waals surface area contributed by atoms with Gasteiger partial charge in [-0.3, -0.25) is 4.99 Å². The van der Waals surface area contributed by atoms with Crippen molar-refractivity contribution >= 4 is 23.0 Å². The SMILES string of the molecule is CC1CC=CN2C(Cc3cccs3)=CN=C(N3CCN(C)CC3)C2=N1. The Hall–Kier alpha value is -1.92. The fraction of sp³-hybridized carbons (Fsp3) is 0.474. The first-order valence-corrected chi connectivity index (χ1v) is 9.85. The van der Waals surface area contributed by atoms with Gasteiger partial charge in [0.2, 0.25) is 0 Å². The zero-order chi connectivity index (χ0) is 17.2. The maximum Gasteiger partial charge on any atom is 0.176 e. The lowest BCUT2D eigenvalue weighted by molar-refractivity contribution is 0.216. The third-order valence-electron chi connectivity index (χ3n) is 4.89. The van der Waals surface area contributed by atoms with E-state index in [1.165, 1.54) is 10.6 Å². The molecule has 1 saturated heterocycles. The zero-order valence-corrected chi connectivity index (χ0v) is 15.7. The molecule has 5 nitrogen and oxygen atoms in total. The molecule has 0 amide bonds. The summed E-state index contributed by atoms with van der Waals surface area (Å²) in [6.07, 6.45) is 8.33. The van der Waals surface area contributed by atoms with Crippen LogP contribution in [-0.2, 0) is 6.42 Å². The van der Waals surface area contributed by atoms with Crippen molar-refractivity contribution in [3.05, 3.63) is 46.6 Å². The van der Waals surface area contributed by atoms with Crippen molar-refractivity contribution in [1.29, 1.82) is 0 Å². The topological polar surface area (TPSA) is 34.4 Å². The third-order valence-corrected chi connectivity index (χ3v) is 5.76. The molecule has 1 fully saturated rings. The van der Waals surface area contributed by atoms with Gasteiger partial charge < -0.3 is 14.7 Å². The maximum absolute atomic E-state index is 5.01. The highest BCUT2D eigenvalue weighted by Crippen LogP contribution is 2.24. The molecule has 6 heteroatoms. The van der Waals surface area contributed by atoms with E-state index in [-0.39, 0.29) is 6.04 Å². The van der Waals surface area contributed by atoms with E-state index in [1.54, 1.807) is 11.3 Å². The van der Waals surface area contributed by atoms with Gasteiger partial charge in [-0.25, -0.2) is 4.99 Å². The molecule has 0 bridgehead atoms. The molecule has 1 aromatic rings. The molecular formula is C19H25N5S. The van der Waals surface area contributed by atoms with Crippen LogP contribution in [0.4, 0.5) is 0 Å². The summed E-state index contributed by atoms with van der Waals surface area (Å²) in [7, 11) is 2.18. The molecule has 4 heterocycles. The van der Waals surface area contributed by atoms with Crippen molar-refractivity contribution in [3.8, 4) is 0 Å². The van der Waals surface area contributed by atoms with Crippen molar-refractivity contribution in [2.45, 2.75) is 25.8 Å². The number of hydrogen-bond donors (Lipinski definition) is 0. The Kier molecular flexibility index (Phi) is 4.72. The lowest BCUT2D eigenvalue weighted by Gasteiger charge is -2.38. The van der Waals surface area contributed by atoms with Gasteiger partial charge in [-0.2, -0.15) is 0 Å². The Morgan fingerprint density at radius 3 is 2.80 bits per heavy atom. The molecule has 3 aliphatic heterocycles. The molecule has 0 N–H and O–H groups in total. The van der Waals surface area contributed by atoms with E-state index < -0.39 is 0 Å². The molecule has 4 rings (SSSR count). The van der Waals surface area contributed by atoms with Gasteiger partial charge in [0.15, 0.2) is 11.7 Å². The highest BCUT2D eigenvalue weighted by atomic mass is 32.1. The number of thiophene rings is 1. The van der Waals surface area contributed by atoms with Crippen LogP contribution in [0.25, 0.3) is 0 Å². The number of likely N-dealkylation sites (N-methyl/N-ethyl adjacent to an activating group) is 1. The van der Waals surface area contributed by atoms with E-state index >= 15 is 0 Å². The van der Waals surface area contributed by atoms with Gasteiger partial charge in [0.25, 0.3) is 0 Å². The standard InChI is InChI=1S/C19H25N5S/c1-15-5-3-7-24-16(13-17-6-4-12-25-17)14-20-18(19(24)21-15)23-10-8-22(2)9-11-23/h3-4,6-7,12,14-15H,5,8-11,13H2,1-2H3. The van der Waals surface area contributed by atoms with E-state index in [4.69, 9.17) is 9.98 Å². The third kappa shape index (κ3) is 3.55. The van der Waals surface area contributed by atoms with Gasteiger partial charge in [0.05, 0.1) is 6.04 Å². The number of aliphatic imine (C=N–C) groups is 2. The first kappa shape index (κ1) is 16.5. The smallest absolute Gasteiger partial charge is 0.176 e. The average Bonchev–Trinajstić information content (AvgIpc) is 3.03. The number of rotatable bonds is 2. The molecule has 0 aliphatic carbocycles. The predicted molar refractivity (Wildman–Crippen MR) is 105 cm³/mol. The van der Waals surface area contributed by atoms with Crippen LogP contribution in [0.2, 0.25) is 0 Å². The van der Waals surface area contributed by atoms with Crippen LogP contribution in [0, 0.1) is 0 Å². The Labute approximate surface area is 153 Å². The van der Waals surface area contributed by atoms with Crippen LogP contribution in [0.3, 0.4) is 0 Å². The number of amidine groups is 2. The highest BCUT2D eigenvalue weighted by molar-refractivity contribution is 7.09. The minimum absolute atomic E-state index is 0.287. The lowest BCUT2D eigenvalue weighted by Crippen LogP contribution is -2.52. The molecule has 1 unspecified atom stereocenters. The summed E-state index contributed by atoms with van der Waals surface area (Å²) in [5, 5.41) is 2.13. The van der Waals surface area contributed by atoms with Crippen LogP contribution >= 0.6 is 11.3 Å². The zero-order valence-electron chi connectivity index (χ0n) is 14.9. The summed E-state index contributed by atoms with van der Waals surface area (Å²) in [4.78, 5) is 18.2. The van der Waals surface area contributed by atoms with Crippen molar-refractivity contribution in [3.63, 3.8) is 0 Å². The Bertz CT molecular complexity index is 723. The molecule has 25 heavy (non-hydrogen) atoms. The summed E-state index contributed by atoms with van der Waals surface area (Å²) < 4.78 is 0. The second-order valence-electron chi connectivity index (χ2n) is 6.91. The average molecular weight is 356 g/mol. The molecule has 1 atom stereocenters. The van der Waals surface area contributed by atoms with E-state index in [2.05, 4.69) is 58.5 Å². The van der Waals surface area contributed by atoms with E-state index in [0.717, 1.165) is 50.7 Å². The van der Waals surface area contributed by atoms with E-state index in [9.17, 15) is 0 Å². The van der Waals surface area contributed by atoms with Crippen LogP contribution in [0.5, 0.6) is 0 Å². The van der Waals surface area contributed by atoms with Crippen LogP contribution in [0.15, 0.2) is 51.7 Å². The molecule has 0 radical (unpaired) electrons. The number of nitrogens with zero attached hydrogens (tertiary/aromatic N) is 5. The van der Waals surface area contributed by atoms with Crippen LogP contribution in [0.1, 0.15) is 18.2 Å². The summed E-state index contributed by atoms with van der Waals surface area (Å²) in [6.45, 7) is 6.34. The fourth-order valence-electron chi connectivity index (χ4n) is 3.37. The fourth-order valence-corrected chi connectivity index (χ4v) is 4.09. The number of hydrogen-bond acceptors (Lipinski definition) is 6. The second-order valence-corrected chi connectivity index (χ2v) is 7.94. The molecule has 3 aliphatic rings. The summed E-state index contributed by atoms with van der Waals surface area (Å²) >= 11 is 1.79. The van der Waals surface area contributed by atoms with Crippen molar-refractivity contribution in [2.75, 3.05) is 33.2 Å². The summed E-state index contributed by atoms with van der Waals surface area (Å²) in [5.41, 5.74) is 1.20. The Morgan fingerprint density at radius 1 is 1.20 bits per heavy atom. The first-order valence-electron chi connectivity index (χ1n) is 8.97. The first-order chi connectivity index (χ1) is 12.2. The largest absolute Gasteiger partial charge is 0.351 e. The second kappa shape index (κ2) is 7.14. The van der Waals surface area contributed by atoms with Gasteiger partial charge in [-0.1, -0.05) is 12.1 Å². The molecule has 0 spiro atoms. The Balaban J connectivity index is 1.67. The summed E-state index contributed by atoms with van der Waals surface area (Å²) in [5.74, 6) is 2.04. The predicted octanol–water partition coefficient (Wildman–Crippen LogP) is 2.80. The normalized spacial score (nSPS) is 24.4. The van der Waals surface area contributed by atoms with E-state index in [1.807, 2.05) is 6.20 Å². The van der Waals surface area contributed by atoms with Crippen molar-refractivity contribution < 1.29 is 0 Å². The molecule has 132 valence electrons. The quantitative estimate of drug-likeness (QED) is 0.818. The van der Waals surface area contributed by atoms with Crippen molar-refractivity contribution in [1.82, 2.24) is 14.7 Å². The minimum Gasteiger partial charge on any atom is -0.351 e. The molecule has 1 aromatic heterocycles. The molecule has 0 saturated carbocycles. The van der Waals surface area contributed by atoms with E-state index in [0.29, 0.717) is 0 Å². The van der Waals surface area contributed by atoms with Gasteiger partial charge in [0, 0.05) is 55.6 Å². The number of piperazine rings is 1. The van der Waals surface area contributed by atoms with Gasteiger partial charge in [-0.05, 0) is 31.8 Å². The van der Waals surface area contributed by atoms with Crippen LogP contribution in [-0.4, -0.2) is 65.6 Å². The molecule has 0 aromatic carbocycles. The minimum atomic E-state index is 0.287. The summed E-state index contributed by atoms with van der Waals surface area (Å²) in [6, 6.07) is 4.58. The number of allylic oxidation sites excluding steroid dienone is 1. The Morgan fingerprint density at radius 2 is 2.04 bits per heavy atom. The monoisotopic (exact) mass is 355 g/mol. The van der Waals surface area contributed by atoms with Crippen LogP contribution < -0.4 is 0 Å². The molecular weight excluding hydrogens is 330 g/mol. The van der Waals surface area contributed by atoms with Gasteiger partial charge >= 0.3 is 0 Å². The highest BCUT2D eigenvalue weighted by Gasteiger charge is 2.30. The van der Waals surface area contributed by atoms with Crippen molar-refractivity contribution in [2.24, 2.45) is 9.98 Å². The van der Waals surface area contributed by atoms with Gasteiger partial charge in [0.1, 0.15) is 0 Å². The maximum atomic E-state index is 5.01. The number of fused-ring (bicyclic) bond motifs is 1. The lowest BCUT2D eigenvalue weighted by atomic mass is 10.2.